The van der Waals surface area contributed by atoms with Crippen molar-refractivity contribution in [3.05, 3.63) is 29.8 Å². The maximum absolute atomic E-state index is 5.54. The summed E-state index contributed by atoms with van der Waals surface area (Å²) in [5, 5.41) is 4.46. The number of rotatable bonds is 7. The second-order valence-electron chi connectivity index (χ2n) is 5.34. The van der Waals surface area contributed by atoms with E-state index < -0.39 is 0 Å². The summed E-state index contributed by atoms with van der Waals surface area (Å²) in [6.07, 6.45) is 5.27. The number of ether oxygens (including phenoxy) is 1. The Balaban J connectivity index is 2.07. The van der Waals surface area contributed by atoms with E-state index in [1.54, 1.807) is 0 Å². The van der Waals surface area contributed by atoms with E-state index in [1.807, 2.05) is 6.92 Å². The highest BCUT2D eigenvalue weighted by Crippen LogP contribution is 2.35. The Hall–Kier alpha value is -0.670. The zero-order valence-electron chi connectivity index (χ0n) is 12.7. The second kappa shape index (κ2) is 8.58. The molecule has 2 rings (SSSR count). The molecule has 1 aliphatic heterocycles. The van der Waals surface area contributed by atoms with Gasteiger partial charge in [-0.2, -0.15) is 11.8 Å². The van der Waals surface area contributed by atoms with Crippen molar-refractivity contribution in [1.29, 1.82) is 0 Å². The van der Waals surface area contributed by atoms with Crippen LogP contribution in [0.3, 0.4) is 0 Å². The first-order chi connectivity index (χ1) is 9.85. The molecule has 2 unspecified atom stereocenters. The fraction of sp³-hybridized carbons (Fsp3) is 0.647. The Bertz CT molecular complexity index is 373. The molecule has 3 heteroatoms. The minimum Gasteiger partial charge on any atom is -0.494 e. The van der Waals surface area contributed by atoms with Gasteiger partial charge in [0.05, 0.1) is 6.61 Å². The molecule has 1 aromatic rings. The molecule has 0 amide bonds. The van der Waals surface area contributed by atoms with Crippen molar-refractivity contribution in [3.8, 4) is 5.75 Å². The van der Waals surface area contributed by atoms with Crippen LogP contribution in [0.5, 0.6) is 5.75 Å². The van der Waals surface area contributed by atoms with Crippen LogP contribution in [-0.2, 0) is 0 Å². The van der Waals surface area contributed by atoms with Crippen molar-refractivity contribution in [2.75, 3.05) is 18.9 Å². The monoisotopic (exact) mass is 293 g/mol. The van der Waals surface area contributed by atoms with Gasteiger partial charge in [0.15, 0.2) is 0 Å². The minimum absolute atomic E-state index is 0.482. The van der Waals surface area contributed by atoms with Gasteiger partial charge in [0, 0.05) is 11.3 Å². The molecule has 0 bridgehead atoms. The third kappa shape index (κ3) is 4.42. The van der Waals surface area contributed by atoms with Crippen LogP contribution in [0.25, 0.3) is 0 Å². The first-order valence-corrected chi connectivity index (χ1v) is 8.97. The van der Waals surface area contributed by atoms with Crippen LogP contribution in [0.15, 0.2) is 24.3 Å². The van der Waals surface area contributed by atoms with Crippen LogP contribution < -0.4 is 10.1 Å². The lowest BCUT2D eigenvalue weighted by Gasteiger charge is -2.31. The van der Waals surface area contributed by atoms with Crippen LogP contribution in [0, 0.1) is 0 Å². The van der Waals surface area contributed by atoms with E-state index in [9.17, 15) is 0 Å². The van der Waals surface area contributed by atoms with E-state index in [0.717, 1.165) is 18.9 Å². The molecule has 1 N–H and O–H groups in total. The molecule has 2 atom stereocenters. The predicted molar refractivity (Wildman–Crippen MR) is 88.7 cm³/mol. The van der Waals surface area contributed by atoms with Gasteiger partial charge >= 0.3 is 0 Å². The van der Waals surface area contributed by atoms with Crippen molar-refractivity contribution in [2.45, 2.75) is 50.8 Å². The lowest BCUT2D eigenvalue weighted by molar-refractivity contribution is 0.340. The summed E-state index contributed by atoms with van der Waals surface area (Å²) >= 11 is 2.14. The zero-order valence-corrected chi connectivity index (χ0v) is 13.5. The first kappa shape index (κ1) is 15.7. The largest absolute Gasteiger partial charge is 0.494 e. The maximum atomic E-state index is 5.54. The van der Waals surface area contributed by atoms with Gasteiger partial charge in [0.2, 0.25) is 0 Å². The Morgan fingerprint density at radius 3 is 2.65 bits per heavy atom. The van der Waals surface area contributed by atoms with E-state index in [-0.39, 0.29) is 0 Å². The van der Waals surface area contributed by atoms with Crippen molar-refractivity contribution in [2.24, 2.45) is 0 Å². The summed E-state index contributed by atoms with van der Waals surface area (Å²) in [5.74, 6) is 2.29. The summed E-state index contributed by atoms with van der Waals surface area (Å²) < 4.78 is 5.54. The molecule has 1 fully saturated rings. The number of nitrogens with one attached hydrogen (secondary N) is 1. The lowest BCUT2D eigenvalue weighted by atomic mass is 9.99. The Morgan fingerprint density at radius 1 is 1.25 bits per heavy atom. The Kier molecular flexibility index (Phi) is 6.74. The van der Waals surface area contributed by atoms with Crippen molar-refractivity contribution >= 4 is 11.8 Å². The van der Waals surface area contributed by atoms with Gasteiger partial charge in [-0.05, 0) is 56.2 Å². The second-order valence-corrected chi connectivity index (χ2v) is 6.69. The molecule has 1 aliphatic rings. The molecule has 1 saturated heterocycles. The summed E-state index contributed by atoms with van der Waals surface area (Å²) in [6.45, 7) is 6.08. The summed E-state index contributed by atoms with van der Waals surface area (Å²) in [5.41, 5.74) is 1.40. The quantitative estimate of drug-likeness (QED) is 0.804. The van der Waals surface area contributed by atoms with E-state index in [2.05, 4.69) is 48.3 Å². The first-order valence-electron chi connectivity index (χ1n) is 7.93. The van der Waals surface area contributed by atoms with E-state index >= 15 is 0 Å². The van der Waals surface area contributed by atoms with Crippen molar-refractivity contribution in [3.63, 3.8) is 0 Å². The lowest BCUT2D eigenvalue weighted by Crippen LogP contribution is -2.32. The average Bonchev–Trinajstić information content (AvgIpc) is 2.51. The smallest absolute Gasteiger partial charge is 0.119 e. The molecule has 0 aromatic heterocycles. The predicted octanol–water partition coefficient (Wildman–Crippen LogP) is 4.41. The van der Waals surface area contributed by atoms with Gasteiger partial charge in [0.1, 0.15) is 5.75 Å². The number of benzene rings is 1. The van der Waals surface area contributed by atoms with Crippen LogP contribution in [0.1, 0.15) is 51.1 Å². The highest BCUT2D eigenvalue weighted by Gasteiger charge is 2.25. The van der Waals surface area contributed by atoms with E-state index in [0.29, 0.717) is 11.3 Å². The maximum Gasteiger partial charge on any atom is 0.119 e. The molecule has 112 valence electrons. The van der Waals surface area contributed by atoms with Gasteiger partial charge in [-0.3, -0.25) is 0 Å². The van der Waals surface area contributed by atoms with Crippen LogP contribution >= 0.6 is 11.8 Å². The normalized spacial score (nSPS) is 20.6. The molecule has 1 aromatic carbocycles. The standard InChI is InChI=1S/C17H27NOS/c1-3-12-18-17(16-7-5-6-13-20-16)14-8-10-15(11-9-14)19-4-2/h8-11,16-18H,3-7,12-13H2,1-2H3. The number of thioether (sulfide) groups is 1. The Morgan fingerprint density at radius 2 is 2.05 bits per heavy atom. The third-order valence-corrected chi connectivity index (χ3v) is 5.21. The molecule has 0 aliphatic carbocycles. The SMILES string of the molecule is CCCNC(c1ccc(OCC)cc1)C1CCCCS1. The van der Waals surface area contributed by atoms with E-state index in [4.69, 9.17) is 4.74 Å². The molecule has 1 heterocycles. The minimum atomic E-state index is 0.482. The highest BCUT2D eigenvalue weighted by atomic mass is 32.2. The van der Waals surface area contributed by atoms with Gasteiger partial charge < -0.3 is 10.1 Å². The fourth-order valence-corrected chi connectivity index (χ4v) is 4.18. The number of hydrogen-bond donors (Lipinski definition) is 1. The molecule has 20 heavy (non-hydrogen) atoms. The van der Waals surface area contributed by atoms with Crippen molar-refractivity contribution < 1.29 is 4.74 Å². The summed E-state index contributed by atoms with van der Waals surface area (Å²) in [7, 11) is 0. The van der Waals surface area contributed by atoms with Crippen molar-refractivity contribution in [1.82, 2.24) is 5.32 Å². The van der Waals surface area contributed by atoms with Crippen LogP contribution in [0.4, 0.5) is 0 Å². The van der Waals surface area contributed by atoms with Gasteiger partial charge in [-0.25, -0.2) is 0 Å². The average molecular weight is 293 g/mol. The molecule has 2 nitrogen and oxygen atoms in total. The molecule has 0 radical (unpaired) electrons. The molecular weight excluding hydrogens is 266 g/mol. The van der Waals surface area contributed by atoms with Gasteiger partial charge in [0.25, 0.3) is 0 Å². The topological polar surface area (TPSA) is 21.3 Å². The van der Waals surface area contributed by atoms with Gasteiger partial charge in [-0.15, -0.1) is 0 Å². The highest BCUT2D eigenvalue weighted by molar-refractivity contribution is 8.00. The molecular formula is C17H27NOS. The third-order valence-electron chi connectivity index (χ3n) is 3.75. The van der Waals surface area contributed by atoms with E-state index in [1.165, 1.54) is 37.0 Å². The molecule has 0 spiro atoms. The van der Waals surface area contributed by atoms with Gasteiger partial charge in [-0.1, -0.05) is 25.5 Å². The summed E-state index contributed by atoms with van der Waals surface area (Å²) in [6, 6.07) is 9.15. The fourth-order valence-electron chi connectivity index (χ4n) is 2.73. The Labute approximate surface area is 127 Å². The zero-order chi connectivity index (χ0) is 14.2. The number of hydrogen-bond acceptors (Lipinski definition) is 3. The van der Waals surface area contributed by atoms with Crippen LogP contribution in [0.2, 0.25) is 0 Å². The van der Waals surface area contributed by atoms with Crippen LogP contribution in [-0.4, -0.2) is 24.2 Å². The molecule has 0 saturated carbocycles. The summed E-state index contributed by atoms with van der Waals surface area (Å²) in [4.78, 5) is 0.